The van der Waals surface area contributed by atoms with E-state index in [9.17, 15) is 9.59 Å². The molecule has 0 aliphatic carbocycles. The molecule has 2 aromatic rings. The van der Waals surface area contributed by atoms with E-state index in [2.05, 4.69) is 24.4 Å². The molecule has 0 saturated heterocycles. The van der Waals surface area contributed by atoms with Crippen molar-refractivity contribution in [2.45, 2.75) is 38.6 Å². The summed E-state index contributed by atoms with van der Waals surface area (Å²) in [5.41, 5.74) is 3.27. The van der Waals surface area contributed by atoms with Gasteiger partial charge in [0.15, 0.2) is 0 Å². The molecule has 0 spiro atoms. The third-order valence-electron chi connectivity index (χ3n) is 4.68. The van der Waals surface area contributed by atoms with Crippen LogP contribution in [0.25, 0.3) is 0 Å². The van der Waals surface area contributed by atoms with Gasteiger partial charge >= 0.3 is 0 Å². The Labute approximate surface area is 176 Å². The lowest BCUT2D eigenvalue weighted by Gasteiger charge is -2.30. The maximum atomic E-state index is 13.0. The van der Waals surface area contributed by atoms with Crippen LogP contribution in [0.1, 0.15) is 30.0 Å². The van der Waals surface area contributed by atoms with E-state index in [-0.39, 0.29) is 11.8 Å². The van der Waals surface area contributed by atoms with Crippen molar-refractivity contribution in [1.29, 1.82) is 0 Å². The van der Waals surface area contributed by atoms with E-state index < -0.39 is 6.04 Å². The summed E-state index contributed by atoms with van der Waals surface area (Å²) in [6, 6.07) is 15.1. The molecule has 0 unspecified atom stereocenters. The lowest BCUT2D eigenvalue weighted by atomic mass is 10.1. The Balaban J connectivity index is 2.12. The number of hydrogen-bond acceptors (Lipinski definition) is 3. The van der Waals surface area contributed by atoms with Gasteiger partial charge in [-0.1, -0.05) is 61.0 Å². The molecule has 1 N–H and O–H groups in total. The molecule has 2 amide bonds. The topological polar surface area (TPSA) is 49.4 Å². The van der Waals surface area contributed by atoms with Crippen LogP contribution in [0.3, 0.4) is 0 Å². The van der Waals surface area contributed by atoms with Crippen molar-refractivity contribution in [2.75, 3.05) is 12.8 Å². The highest BCUT2D eigenvalue weighted by Gasteiger charge is 2.28. The van der Waals surface area contributed by atoms with Crippen LogP contribution < -0.4 is 5.32 Å². The highest BCUT2D eigenvalue weighted by molar-refractivity contribution is 7.99. The minimum Gasteiger partial charge on any atom is -0.357 e. The van der Waals surface area contributed by atoms with Gasteiger partial charge in [-0.25, -0.2) is 0 Å². The molecule has 0 radical (unpaired) electrons. The molecule has 4 nitrogen and oxygen atoms in total. The van der Waals surface area contributed by atoms with E-state index in [1.165, 1.54) is 11.1 Å². The molecule has 0 aliphatic rings. The third-order valence-corrected chi connectivity index (χ3v) is 6.01. The number of carbonyl (C=O) groups is 2. The standard InChI is InChI=1S/C22H27ClN2O2S/c1-4-20(22(27)24-3)25(13-17-10-7-8-12-19(17)23)21(26)15-28-14-18-11-6-5-9-16(18)2/h5-12,20H,4,13-15H2,1-3H3,(H,24,27)/t20-/m0/s1. The molecular formula is C22H27ClN2O2S. The van der Waals surface area contributed by atoms with Crippen LogP contribution in [0.5, 0.6) is 0 Å². The van der Waals surface area contributed by atoms with Crippen LogP contribution in [0.15, 0.2) is 48.5 Å². The summed E-state index contributed by atoms with van der Waals surface area (Å²) < 4.78 is 0. The van der Waals surface area contributed by atoms with Crippen molar-refractivity contribution in [2.24, 2.45) is 0 Å². The number of thioether (sulfide) groups is 1. The summed E-state index contributed by atoms with van der Waals surface area (Å²) in [4.78, 5) is 27.0. The van der Waals surface area contributed by atoms with Gasteiger partial charge in [-0.05, 0) is 36.1 Å². The van der Waals surface area contributed by atoms with Crippen LogP contribution in [-0.4, -0.2) is 35.6 Å². The number of nitrogens with one attached hydrogen (secondary N) is 1. The fourth-order valence-corrected chi connectivity index (χ4v) is 4.18. The summed E-state index contributed by atoms with van der Waals surface area (Å²) in [5, 5.41) is 3.27. The van der Waals surface area contributed by atoms with E-state index in [0.717, 1.165) is 11.3 Å². The van der Waals surface area contributed by atoms with Crippen molar-refractivity contribution in [3.05, 3.63) is 70.2 Å². The van der Waals surface area contributed by atoms with E-state index in [4.69, 9.17) is 11.6 Å². The maximum Gasteiger partial charge on any atom is 0.242 e. The van der Waals surface area contributed by atoms with Gasteiger partial charge < -0.3 is 10.2 Å². The molecular weight excluding hydrogens is 392 g/mol. The molecule has 0 bridgehead atoms. The number of rotatable bonds is 9. The van der Waals surface area contributed by atoms with Gasteiger partial charge in [0.1, 0.15) is 6.04 Å². The van der Waals surface area contributed by atoms with Crippen LogP contribution in [0.2, 0.25) is 5.02 Å². The Morgan fingerprint density at radius 3 is 2.36 bits per heavy atom. The second-order valence-electron chi connectivity index (χ2n) is 6.57. The lowest BCUT2D eigenvalue weighted by molar-refractivity contribution is -0.139. The quantitative estimate of drug-likeness (QED) is 0.655. The van der Waals surface area contributed by atoms with Gasteiger partial charge in [0.2, 0.25) is 11.8 Å². The van der Waals surface area contributed by atoms with Gasteiger partial charge in [-0.3, -0.25) is 9.59 Å². The first kappa shape index (κ1) is 22.3. The highest BCUT2D eigenvalue weighted by Crippen LogP contribution is 2.22. The molecule has 6 heteroatoms. The Hall–Kier alpha value is -1.98. The van der Waals surface area contributed by atoms with Gasteiger partial charge in [-0.15, -0.1) is 11.8 Å². The summed E-state index contributed by atoms with van der Waals surface area (Å²) in [6.45, 7) is 4.29. The van der Waals surface area contributed by atoms with Gasteiger partial charge in [0, 0.05) is 24.4 Å². The van der Waals surface area contributed by atoms with Crippen molar-refractivity contribution in [1.82, 2.24) is 10.2 Å². The molecule has 2 rings (SSSR count). The number of amides is 2. The minimum atomic E-state index is -0.521. The molecule has 0 aromatic heterocycles. The van der Waals surface area contributed by atoms with Crippen LogP contribution in [-0.2, 0) is 21.9 Å². The maximum absolute atomic E-state index is 13.0. The first-order valence-electron chi connectivity index (χ1n) is 9.34. The largest absolute Gasteiger partial charge is 0.357 e. The first-order chi connectivity index (χ1) is 13.5. The predicted octanol–water partition coefficient (Wildman–Crippen LogP) is 4.44. The third kappa shape index (κ3) is 6.01. The number of benzene rings is 2. The molecule has 0 fully saturated rings. The summed E-state index contributed by atoms with van der Waals surface area (Å²) in [7, 11) is 1.59. The van der Waals surface area contributed by atoms with E-state index in [0.29, 0.717) is 23.7 Å². The Bertz CT molecular complexity index is 813. The van der Waals surface area contributed by atoms with Crippen LogP contribution in [0, 0.1) is 6.92 Å². The minimum absolute atomic E-state index is 0.0612. The second-order valence-corrected chi connectivity index (χ2v) is 7.96. The average Bonchev–Trinajstić information content (AvgIpc) is 2.70. The predicted molar refractivity (Wildman–Crippen MR) is 117 cm³/mol. The number of likely N-dealkylation sites (N-methyl/N-ethyl adjacent to an activating group) is 1. The van der Waals surface area contributed by atoms with Crippen LogP contribution in [0.4, 0.5) is 0 Å². The van der Waals surface area contributed by atoms with Crippen molar-refractivity contribution in [3.8, 4) is 0 Å². The monoisotopic (exact) mass is 418 g/mol. The highest BCUT2D eigenvalue weighted by atomic mass is 35.5. The second kappa shape index (κ2) is 11.1. The van der Waals surface area contributed by atoms with E-state index in [1.54, 1.807) is 29.8 Å². The molecule has 0 aliphatic heterocycles. The zero-order valence-corrected chi connectivity index (χ0v) is 18.1. The molecule has 0 saturated carbocycles. The van der Waals surface area contributed by atoms with Crippen molar-refractivity contribution < 1.29 is 9.59 Å². The zero-order valence-electron chi connectivity index (χ0n) is 16.6. The lowest BCUT2D eigenvalue weighted by Crippen LogP contribution is -2.48. The number of carbonyl (C=O) groups excluding carboxylic acids is 2. The summed E-state index contributed by atoms with van der Waals surface area (Å²) in [6.07, 6.45) is 0.540. The fourth-order valence-electron chi connectivity index (χ4n) is 3.00. The van der Waals surface area contributed by atoms with Gasteiger partial charge in [-0.2, -0.15) is 0 Å². The van der Waals surface area contributed by atoms with E-state index in [1.807, 2.05) is 37.3 Å². The normalized spacial score (nSPS) is 11.7. The number of aryl methyl sites for hydroxylation is 1. The SMILES string of the molecule is CC[C@@H](C(=O)NC)N(Cc1ccccc1Cl)C(=O)CSCc1ccccc1C. The van der Waals surface area contributed by atoms with E-state index >= 15 is 0 Å². The zero-order chi connectivity index (χ0) is 20.5. The summed E-state index contributed by atoms with van der Waals surface area (Å²) in [5.74, 6) is 0.849. The Morgan fingerprint density at radius 1 is 1.11 bits per heavy atom. The van der Waals surface area contributed by atoms with Gasteiger partial charge in [0.05, 0.1) is 5.75 Å². The smallest absolute Gasteiger partial charge is 0.242 e. The number of halogens is 1. The molecule has 0 heterocycles. The Morgan fingerprint density at radius 2 is 1.75 bits per heavy atom. The molecule has 1 atom stereocenters. The Kier molecular flexibility index (Phi) is 8.87. The number of nitrogens with zero attached hydrogens (tertiary/aromatic N) is 1. The number of hydrogen-bond donors (Lipinski definition) is 1. The molecule has 150 valence electrons. The van der Waals surface area contributed by atoms with Crippen molar-refractivity contribution in [3.63, 3.8) is 0 Å². The fraction of sp³-hybridized carbons (Fsp3) is 0.364. The molecule has 28 heavy (non-hydrogen) atoms. The van der Waals surface area contributed by atoms with Crippen LogP contribution >= 0.6 is 23.4 Å². The molecule has 2 aromatic carbocycles. The summed E-state index contributed by atoms with van der Waals surface area (Å²) >= 11 is 7.86. The van der Waals surface area contributed by atoms with Crippen molar-refractivity contribution >= 4 is 35.2 Å². The average molecular weight is 419 g/mol. The van der Waals surface area contributed by atoms with Gasteiger partial charge in [0.25, 0.3) is 0 Å². The first-order valence-corrected chi connectivity index (χ1v) is 10.9.